The number of pyridine rings is 1. The zero-order chi connectivity index (χ0) is 27.8. The number of halogens is 2. The number of rotatable bonds is 9. The summed E-state index contributed by atoms with van der Waals surface area (Å²) < 4.78 is 23.3. The second-order valence-electron chi connectivity index (χ2n) is 10.3. The molecular formula is C28H28ClFN8. The molecule has 0 spiro atoms. The van der Waals surface area contributed by atoms with Crippen LogP contribution in [-0.4, -0.2) is 22.6 Å². The Labute approximate surface area is 227 Å². The van der Waals surface area contributed by atoms with Gasteiger partial charge in [-0.3, -0.25) is 9.99 Å². The van der Waals surface area contributed by atoms with E-state index < -0.39 is 11.8 Å². The van der Waals surface area contributed by atoms with E-state index >= 15 is 0 Å². The lowest BCUT2D eigenvalue weighted by Gasteiger charge is -2.24. The number of nitriles is 2. The number of hydrogen-bond acceptors (Lipinski definition) is 8. The van der Waals surface area contributed by atoms with Crippen molar-refractivity contribution in [2.75, 3.05) is 17.2 Å². The van der Waals surface area contributed by atoms with E-state index in [1.54, 1.807) is 24.3 Å². The summed E-state index contributed by atoms with van der Waals surface area (Å²) in [6.07, 6.45) is 5.78. The van der Waals surface area contributed by atoms with E-state index in [0.717, 1.165) is 12.8 Å². The highest BCUT2D eigenvalue weighted by Gasteiger charge is 2.32. The summed E-state index contributed by atoms with van der Waals surface area (Å²) >= 11 is 6.68. The fraction of sp³-hybridized carbons (Fsp3) is 0.321. The van der Waals surface area contributed by atoms with Crippen molar-refractivity contribution >= 4 is 33.9 Å². The maximum absolute atomic E-state index is 13.8. The van der Waals surface area contributed by atoms with Gasteiger partial charge in [0.05, 0.1) is 40.9 Å². The van der Waals surface area contributed by atoms with Gasteiger partial charge in [0, 0.05) is 42.5 Å². The molecule has 1 saturated carbocycles. The molecule has 4 N–H and O–H groups in total. The smallest absolute Gasteiger partial charge is 0.123 e. The van der Waals surface area contributed by atoms with Gasteiger partial charge in [-0.05, 0) is 48.1 Å². The van der Waals surface area contributed by atoms with Crippen LogP contribution in [0.5, 0.6) is 0 Å². The molecule has 2 heterocycles. The molecule has 1 aromatic heterocycles. The number of nitrogens with zero attached hydrogens (tertiary/aromatic N) is 4. The molecule has 0 amide bonds. The van der Waals surface area contributed by atoms with Gasteiger partial charge >= 0.3 is 0 Å². The Morgan fingerprint density at radius 1 is 1.29 bits per heavy atom. The second-order valence-corrected chi connectivity index (χ2v) is 10.7. The lowest BCUT2D eigenvalue weighted by atomic mass is 9.90. The van der Waals surface area contributed by atoms with Crippen LogP contribution < -0.4 is 21.6 Å². The summed E-state index contributed by atoms with van der Waals surface area (Å²) in [4.78, 5) is 4.41. The molecule has 10 heteroatoms. The molecule has 1 atom stereocenters. The summed E-state index contributed by atoms with van der Waals surface area (Å²) in [6, 6.07) is 12.5. The van der Waals surface area contributed by atoms with Crippen LogP contribution in [0.3, 0.4) is 0 Å². The van der Waals surface area contributed by atoms with Crippen molar-refractivity contribution in [3.8, 4) is 12.1 Å². The predicted octanol–water partition coefficient (Wildman–Crippen LogP) is 5.73. The van der Waals surface area contributed by atoms with E-state index in [-0.39, 0.29) is 5.41 Å². The first-order valence-electron chi connectivity index (χ1n) is 12.8. The van der Waals surface area contributed by atoms with Crippen molar-refractivity contribution in [2.24, 2.45) is 5.41 Å². The number of benzene rings is 2. The van der Waals surface area contributed by atoms with Gasteiger partial charge in [-0.25, -0.2) is 4.39 Å². The van der Waals surface area contributed by atoms with Crippen molar-refractivity contribution in [1.82, 2.24) is 21.0 Å². The van der Waals surface area contributed by atoms with Gasteiger partial charge in [-0.1, -0.05) is 37.6 Å². The Balaban J connectivity index is 1.58. The van der Waals surface area contributed by atoms with Crippen LogP contribution in [0.25, 0.3) is 10.9 Å². The van der Waals surface area contributed by atoms with Gasteiger partial charge in [0.2, 0.25) is 0 Å². The molecule has 5 rings (SSSR count). The lowest BCUT2D eigenvalue weighted by molar-refractivity contribution is 0.260. The van der Waals surface area contributed by atoms with Gasteiger partial charge in [0.1, 0.15) is 11.9 Å². The monoisotopic (exact) mass is 531 g/mol. The van der Waals surface area contributed by atoms with E-state index in [4.69, 9.17) is 11.6 Å². The van der Waals surface area contributed by atoms with Gasteiger partial charge in [-0.2, -0.15) is 10.5 Å². The van der Waals surface area contributed by atoms with Crippen molar-refractivity contribution in [3.63, 3.8) is 0 Å². The van der Waals surface area contributed by atoms with Crippen LogP contribution in [0.4, 0.5) is 15.8 Å². The molecule has 1 aliphatic carbocycles. The highest BCUT2D eigenvalue weighted by atomic mass is 35.5. The zero-order valence-corrected chi connectivity index (χ0v) is 21.8. The molecule has 2 aromatic carbocycles. The fourth-order valence-corrected chi connectivity index (χ4v) is 4.54. The molecule has 0 saturated heterocycles. The highest BCUT2D eigenvalue weighted by Crippen LogP contribution is 2.37. The summed E-state index contributed by atoms with van der Waals surface area (Å²) in [5, 5.41) is 28.5. The maximum atomic E-state index is 13.8. The molecule has 38 heavy (non-hydrogen) atoms. The van der Waals surface area contributed by atoms with Gasteiger partial charge in [0.25, 0.3) is 0 Å². The minimum Gasteiger partial charge on any atom is -0.383 e. The van der Waals surface area contributed by atoms with Crippen LogP contribution in [0.15, 0.2) is 54.5 Å². The van der Waals surface area contributed by atoms with Crippen LogP contribution in [0.1, 0.15) is 51.6 Å². The van der Waals surface area contributed by atoms with E-state index in [1.807, 2.05) is 25.1 Å². The van der Waals surface area contributed by atoms with E-state index in [1.165, 1.54) is 18.3 Å². The summed E-state index contributed by atoms with van der Waals surface area (Å²) in [7, 11) is 0. The first-order chi connectivity index (χ1) is 18.6. The van der Waals surface area contributed by atoms with Crippen LogP contribution in [-0.2, 0) is 0 Å². The number of aromatic nitrogens is 1. The van der Waals surface area contributed by atoms with Gasteiger partial charge in [-0.15, -0.1) is 5.53 Å². The SMILES string of the molecule is [2H][C@](Nc1cc(Cl)c2ncc(C#N)c(NCC(C)(C)CC#N)c2c1)(C1=CN(C2CC2)NN1)c1ccc(F)cc1. The van der Waals surface area contributed by atoms with Crippen LogP contribution >= 0.6 is 11.6 Å². The van der Waals surface area contributed by atoms with Gasteiger partial charge < -0.3 is 16.1 Å². The molecule has 1 aliphatic heterocycles. The van der Waals surface area contributed by atoms with Crippen molar-refractivity contribution < 1.29 is 5.76 Å². The second kappa shape index (κ2) is 10.4. The Bertz CT molecular complexity index is 1520. The largest absolute Gasteiger partial charge is 0.383 e. The molecule has 0 bridgehead atoms. The third-order valence-electron chi connectivity index (χ3n) is 6.55. The van der Waals surface area contributed by atoms with E-state index in [0.29, 0.717) is 63.1 Å². The standard InChI is InChI=1S/C28H28ClFN8/c1-28(2,9-10-31)16-34-25-18(13-32)14-33-27-22(25)11-20(12-23(27)29)35-26(17-3-5-19(30)6-4-17)24-15-38(37-36-24)21-7-8-21/h3-6,11-12,14-15,21,26,35-37H,7-9,16H2,1-2H3,(H,33,34)/t26-/m1/s1/i26D. The quantitative estimate of drug-likeness (QED) is 0.277. The summed E-state index contributed by atoms with van der Waals surface area (Å²) in [6.45, 7) is 4.38. The van der Waals surface area contributed by atoms with Crippen molar-refractivity contribution in [3.05, 3.63) is 76.5 Å². The Morgan fingerprint density at radius 2 is 2.05 bits per heavy atom. The molecular weight excluding hydrogens is 503 g/mol. The minimum absolute atomic E-state index is 0.337. The minimum atomic E-state index is -1.54. The molecule has 0 radical (unpaired) electrons. The Morgan fingerprint density at radius 3 is 2.74 bits per heavy atom. The lowest BCUT2D eigenvalue weighted by Crippen LogP contribution is -2.38. The fourth-order valence-electron chi connectivity index (χ4n) is 4.27. The average molecular weight is 532 g/mol. The van der Waals surface area contributed by atoms with Crippen molar-refractivity contribution in [1.29, 1.82) is 10.5 Å². The predicted molar refractivity (Wildman–Crippen MR) is 146 cm³/mol. The summed E-state index contributed by atoms with van der Waals surface area (Å²) in [5.41, 5.74) is 8.80. The molecule has 8 nitrogen and oxygen atoms in total. The van der Waals surface area contributed by atoms with Crippen LogP contribution in [0, 0.1) is 33.9 Å². The molecule has 1 fully saturated rings. The average Bonchev–Trinajstić information content (AvgIpc) is 3.63. The summed E-state index contributed by atoms with van der Waals surface area (Å²) in [5.74, 6) is -0.397. The Kier molecular flexibility index (Phi) is 6.63. The number of nitrogens with one attached hydrogen (secondary N) is 4. The van der Waals surface area contributed by atoms with Crippen LogP contribution in [0.2, 0.25) is 5.02 Å². The Hall–Kier alpha value is -4.05. The molecule has 194 valence electrons. The molecule has 0 unspecified atom stereocenters. The first-order valence-corrected chi connectivity index (χ1v) is 12.7. The number of hydrazine groups is 2. The molecule has 3 aromatic rings. The third-order valence-corrected chi connectivity index (χ3v) is 6.83. The normalized spacial score (nSPS) is 17.1. The molecule has 2 aliphatic rings. The van der Waals surface area contributed by atoms with E-state index in [9.17, 15) is 16.3 Å². The number of anilines is 2. The maximum Gasteiger partial charge on any atom is 0.123 e. The van der Waals surface area contributed by atoms with E-state index in [2.05, 4.69) is 38.7 Å². The first kappa shape index (κ1) is 24.3. The highest BCUT2D eigenvalue weighted by molar-refractivity contribution is 6.35. The number of fused-ring (bicyclic) bond motifs is 1. The zero-order valence-electron chi connectivity index (χ0n) is 22.1. The van der Waals surface area contributed by atoms with Crippen molar-refractivity contribution in [2.45, 2.75) is 45.2 Å². The van der Waals surface area contributed by atoms with Gasteiger partial charge in [0.15, 0.2) is 0 Å². The topological polar surface area (TPSA) is 112 Å². The third kappa shape index (κ3) is 5.45. The number of hydrogen-bond donors (Lipinski definition) is 4.